The van der Waals surface area contributed by atoms with Crippen molar-refractivity contribution in [3.63, 3.8) is 0 Å². The van der Waals surface area contributed by atoms with Crippen molar-refractivity contribution in [2.24, 2.45) is 0 Å². The van der Waals surface area contributed by atoms with Crippen LogP contribution < -0.4 is 5.32 Å². The molecule has 0 spiro atoms. The average Bonchev–Trinajstić information content (AvgIpc) is 2.15. The number of hydrogen-bond acceptors (Lipinski definition) is 5. The molecular weight excluding hydrogens is 244 g/mol. The van der Waals surface area contributed by atoms with Gasteiger partial charge in [0, 0.05) is 18.9 Å². The number of nitrogens with zero attached hydrogens (tertiary/aromatic N) is 1. The molecule has 0 aliphatic heterocycles. The van der Waals surface area contributed by atoms with Gasteiger partial charge in [0.25, 0.3) is 5.69 Å². The van der Waals surface area contributed by atoms with Crippen LogP contribution in [0.5, 0.6) is 0 Å². The van der Waals surface area contributed by atoms with Crippen molar-refractivity contribution in [1.82, 2.24) is 0 Å². The first-order valence-corrected chi connectivity index (χ1v) is 7.02. The van der Waals surface area contributed by atoms with E-state index in [-0.39, 0.29) is 18.0 Å². The lowest BCUT2D eigenvalue weighted by molar-refractivity contribution is -0.384. The number of rotatable bonds is 5. The second kappa shape index (κ2) is 5.13. The van der Waals surface area contributed by atoms with E-state index in [1.165, 1.54) is 6.07 Å². The van der Waals surface area contributed by atoms with Crippen LogP contribution in [0.25, 0.3) is 0 Å². The predicted octanol–water partition coefficient (Wildman–Crippen LogP) is 1.36. The van der Waals surface area contributed by atoms with Gasteiger partial charge in [-0.1, -0.05) is 6.07 Å². The third-order valence-corrected chi connectivity index (χ3v) is 3.08. The summed E-state index contributed by atoms with van der Waals surface area (Å²) in [4.78, 5) is 10.2. The molecule has 0 saturated carbocycles. The molecule has 0 amide bonds. The Morgan fingerprint density at radius 3 is 2.59 bits per heavy atom. The van der Waals surface area contributed by atoms with E-state index in [0.29, 0.717) is 5.69 Å². The second-order valence-corrected chi connectivity index (χ2v) is 6.09. The van der Waals surface area contributed by atoms with E-state index in [2.05, 4.69) is 5.32 Å². The smallest absolute Gasteiger partial charge is 0.292 e. The summed E-state index contributed by atoms with van der Waals surface area (Å²) in [5.41, 5.74) is 1.17. The number of nitro benzene ring substituents is 1. The highest BCUT2D eigenvalue weighted by atomic mass is 32.2. The van der Waals surface area contributed by atoms with Gasteiger partial charge in [0.1, 0.15) is 15.5 Å². The normalized spacial score (nSPS) is 11.2. The Morgan fingerprint density at radius 1 is 1.41 bits per heavy atom. The van der Waals surface area contributed by atoms with Crippen molar-refractivity contribution in [2.45, 2.75) is 6.92 Å². The lowest BCUT2D eigenvalue weighted by atomic mass is 10.2. The zero-order chi connectivity index (χ0) is 13.1. The summed E-state index contributed by atoms with van der Waals surface area (Å²) < 4.78 is 21.9. The number of anilines is 1. The van der Waals surface area contributed by atoms with Gasteiger partial charge in [-0.25, -0.2) is 8.42 Å². The Hall–Kier alpha value is -1.63. The molecule has 0 aliphatic rings. The van der Waals surface area contributed by atoms with Gasteiger partial charge in [0.05, 0.1) is 10.7 Å². The standard InChI is InChI=1S/C10H14N2O4S/c1-8-3-4-10(12(13)14)9(7-8)11-5-6-17(2,15)16/h3-4,7,11H,5-6H2,1-2H3. The highest BCUT2D eigenvalue weighted by molar-refractivity contribution is 7.90. The van der Waals surface area contributed by atoms with Crippen molar-refractivity contribution in [3.8, 4) is 0 Å². The first-order valence-electron chi connectivity index (χ1n) is 4.96. The van der Waals surface area contributed by atoms with Crippen LogP contribution in [0.15, 0.2) is 18.2 Å². The van der Waals surface area contributed by atoms with Gasteiger partial charge in [-0.3, -0.25) is 10.1 Å². The van der Waals surface area contributed by atoms with Crippen LogP contribution in [0.3, 0.4) is 0 Å². The molecule has 0 heterocycles. The summed E-state index contributed by atoms with van der Waals surface area (Å²) in [6.07, 6.45) is 1.12. The average molecular weight is 258 g/mol. The lowest BCUT2D eigenvalue weighted by Gasteiger charge is -2.07. The maximum Gasteiger partial charge on any atom is 0.292 e. The fourth-order valence-corrected chi connectivity index (χ4v) is 1.79. The van der Waals surface area contributed by atoms with Crippen molar-refractivity contribution in [1.29, 1.82) is 0 Å². The van der Waals surface area contributed by atoms with E-state index < -0.39 is 14.8 Å². The molecule has 7 heteroatoms. The van der Waals surface area contributed by atoms with E-state index >= 15 is 0 Å². The molecular formula is C10H14N2O4S. The van der Waals surface area contributed by atoms with E-state index in [4.69, 9.17) is 0 Å². The minimum atomic E-state index is -3.07. The molecule has 17 heavy (non-hydrogen) atoms. The van der Waals surface area contributed by atoms with Gasteiger partial charge in [-0.2, -0.15) is 0 Å². The van der Waals surface area contributed by atoms with Crippen LogP contribution in [0, 0.1) is 17.0 Å². The molecule has 0 fully saturated rings. The Morgan fingerprint density at radius 2 is 2.06 bits per heavy atom. The molecule has 0 aliphatic carbocycles. The number of nitrogens with one attached hydrogen (secondary N) is 1. The summed E-state index contributed by atoms with van der Waals surface area (Å²) in [6, 6.07) is 4.67. The van der Waals surface area contributed by atoms with Gasteiger partial charge in [0.2, 0.25) is 0 Å². The molecule has 0 unspecified atom stereocenters. The molecule has 1 aromatic rings. The summed E-state index contributed by atoms with van der Waals surface area (Å²) in [6.45, 7) is 1.97. The molecule has 94 valence electrons. The van der Waals surface area contributed by atoms with Crippen LogP contribution in [0.2, 0.25) is 0 Å². The van der Waals surface area contributed by atoms with Crippen LogP contribution >= 0.6 is 0 Å². The topological polar surface area (TPSA) is 89.3 Å². The summed E-state index contributed by atoms with van der Waals surface area (Å²) in [7, 11) is -3.07. The van der Waals surface area contributed by atoms with Crippen molar-refractivity contribution < 1.29 is 13.3 Å². The van der Waals surface area contributed by atoms with Gasteiger partial charge in [-0.15, -0.1) is 0 Å². The summed E-state index contributed by atoms with van der Waals surface area (Å²) >= 11 is 0. The molecule has 1 rings (SSSR count). The third kappa shape index (κ3) is 4.39. The van der Waals surface area contributed by atoms with E-state index in [0.717, 1.165) is 11.8 Å². The molecule has 1 aromatic carbocycles. The van der Waals surface area contributed by atoms with Crippen LogP contribution in [-0.2, 0) is 9.84 Å². The number of aryl methyl sites for hydroxylation is 1. The minimum absolute atomic E-state index is 0.0518. The molecule has 0 atom stereocenters. The fraction of sp³-hybridized carbons (Fsp3) is 0.400. The molecule has 0 radical (unpaired) electrons. The molecule has 6 nitrogen and oxygen atoms in total. The predicted molar refractivity (Wildman–Crippen MR) is 66.0 cm³/mol. The monoisotopic (exact) mass is 258 g/mol. The summed E-state index contributed by atoms with van der Waals surface area (Å²) in [5, 5.41) is 13.5. The first-order chi connectivity index (χ1) is 7.79. The largest absolute Gasteiger partial charge is 0.378 e. The first kappa shape index (κ1) is 13.4. The van der Waals surface area contributed by atoms with Crippen LogP contribution in [0.4, 0.5) is 11.4 Å². The zero-order valence-electron chi connectivity index (χ0n) is 9.63. The molecule has 1 N–H and O–H groups in total. The third-order valence-electron chi connectivity index (χ3n) is 2.14. The Balaban J connectivity index is 2.82. The number of benzene rings is 1. The van der Waals surface area contributed by atoms with Crippen LogP contribution in [0.1, 0.15) is 5.56 Å². The number of sulfone groups is 1. The quantitative estimate of drug-likeness (QED) is 0.636. The van der Waals surface area contributed by atoms with Crippen molar-refractivity contribution in [2.75, 3.05) is 23.9 Å². The fourth-order valence-electron chi connectivity index (χ4n) is 1.32. The Kier molecular flexibility index (Phi) is 4.06. The van der Waals surface area contributed by atoms with Crippen molar-refractivity contribution in [3.05, 3.63) is 33.9 Å². The van der Waals surface area contributed by atoms with Gasteiger partial charge >= 0.3 is 0 Å². The van der Waals surface area contributed by atoms with Crippen LogP contribution in [-0.4, -0.2) is 31.9 Å². The van der Waals surface area contributed by atoms with E-state index in [1.807, 2.05) is 6.92 Å². The maximum atomic E-state index is 10.9. The van der Waals surface area contributed by atoms with E-state index in [1.54, 1.807) is 12.1 Å². The highest BCUT2D eigenvalue weighted by Crippen LogP contribution is 2.24. The molecule has 0 aromatic heterocycles. The Bertz CT molecular complexity index is 525. The van der Waals surface area contributed by atoms with Gasteiger partial charge in [-0.05, 0) is 18.6 Å². The Labute approximate surface area is 99.7 Å². The molecule has 0 bridgehead atoms. The zero-order valence-corrected chi connectivity index (χ0v) is 10.5. The minimum Gasteiger partial charge on any atom is -0.378 e. The van der Waals surface area contributed by atoms with Gasteiger partial charge < -0.3 is 5.32 Å². The van der Waals surface area contributed by atoms with Crippen molar-refractivity contribution >= 4 is 21.2 Å². The molecule has 0 saturated heterocycles. The lowest BCUT2D eigenvalue weighted by Crippen LogP contribution is -2.14. The number of hydrogen-bond donors (Lipinski definition) is 1. The SMILES string of the molecule is Cc1ccc([N+](=O)[O-])c(NCCS(C)(=O)=O)c1. The second-order valence-electron chi connectivity index (χ2n) is 3.83. The van der Waals surface area contributed by atoms with E-state index in [9.17, 15) is 18.5 Å². The number of nitro groups is 1. The maximum absolute atomic E-state index is 10.9. The highest BCUT2D eigenvalue weighted by Gasteiger charge is 2.13. The summed E-state index contributed by atoms with van der Waals surface area (Å²) in [5.74, 6) is -0.0574. The van der Waals surface area contributed by atoms with Gasteiger partial charge in [0.15, 0.2) is 0 Å².